The SMILES string of the molecule is FC(F)(F)c1cccc(CN2CCN(c3ccnc(N4CCOCC4)n3)CC2)c1. The van der Waals surface area contributed by atoms with Crippen LogP contribution < -0.4 is 9.80 Å². The Morgan fingerprint density at radius 2 is 1.69 bits per heavy atom. The summed E-state index contributed by atoms with van der Waals surface area (Å²) in [5.41, 5.74) is 0.0928. The maximum absolute atomic E-state index is 12.9. The molecule has 0 spiro atoms. The van der Waals surface area contributed by atoms with Gasteiger partial charge in [0.15, 0.2) is 0 Å². The number of alkyl halides is 3. The summed E-state index contributed by atoms with van der Waals surface area (Å²) in [6, 6.07) is 7.49. The molecule has 0 saturated carbocycles. The zero-order valence-electron chi connectivity index (χ0n) is 16.1. The number of hydrogen-bond acceptors (Lipinski definition) is 6. The van der Waals surface area contributed by atoms with Gasteiger partial charge in [-0.25, -0.2) is 4.98 Å². The second-order valence-electron chi connectivity index (χ2n) is 7.28. The van der Waals surface area contributed by atoms with Gasteiger partial charge >= 0.3 is 6.18 Å². The third-order valence-corrected chi connectivity index (χ3v) is 5.28. The van der Waals surface area contributed by atoms with E-state index in [1.165, 1.54) is 12.1 Å². The molecule has 3 heterocycles. The Hall–Kier alpha value is -2.39. The normalized spacial score (nSPS) is 18.9. The van der Waals surface area contributed by atoms with Gasteiger partial charge in [-0.05, 0) is 17.7 Å². The van der Waals surface area contributed by atoms with E-state index in [0.717, 1.165) is 57.1 Å². The number of rotatable bonds is 4. The number of morpholine rings is 1. The second kappa shape index (κ2) is 8.54. The number of benzene rings is 1. The van der Waals surface area contributed by atoms with Gasteiger partial charge in [-0.2, -0.15) is 18.2 Å². The van der Waals surface area contributed by atoms with Crippen LogP contribution in [0.2, 0.25) is 0 Å². The number of nitrogens with zero attached hydrogens (tertiary/aromatic N) is 5. The standard InChI is InChI=1S/C20H24F3N5O/c21-20(22,23)17-3-1-2-16(14-17)15-26-6-8-27(9-7-26)18-4-5-24-19(25-18)28-10-12-29-13-11-28/h1-5,14H,6-13,15H2. The largest absolute Gasteiger partial charge is 0.416 e. The highest BCUT2D eigenvalue weighted by molar-refractivity contribution is 5.44. The topological polar surface area (TPSA) is 44.7 Å². The molecule has 0 bridgehead atoms. The fourth-order valence-corrected chi connectivity index (χ4v) is 3.67. The zero-order valence-corrected chi connectivity index (χ0v) is 16.1. The molecule has 2 fully saturated rings. The maximum Gasteiger partial charge on any atom is 0.416 e. The Balaban J connectivity index is 1.35. The summed E-state index contributed by atoms with van der Waals surface area (Å²) < 4.78 is 44.1. The van der Waals surface area contributed by atoms with Crippen LogP contribution in [0.25, 0.3) is 0 Å². The first-order valence-corrected chi connectivity index (χ1v) is 9.78. The minimum absolute atomic E-state index is 0.514. The van der Waals surface area contributed by atoms with Gasteiger partial charge in [0.1, 0.15) is 5.82 Å². The fraction of sp³-hybridized carbons (Fsp3) is 0.500. The van der Waals surface area contributed by atoms with Crippen molar-refractivity contribution in [1.29, 1.82) is 0 Å². The van der Waals surface area contributed by atoms with Crippen LogP contribution in [0.1, 0.15) is 11.1 Å². The number of ether oxygens (including phenoxy) is 1. The molecule has 2 aliphatic rings. The Labute approximate surface area is 167 Å². The minimum Gasteiger partial charge on any atom is -0.378 e. The van der Waals surface area contributed by atoms with Crippen LogP contribution in [-0.4, -0.2) is 67.4 Å². The number of piperazine rings is 1. The highest BCUT2D eigenvalue weighted by Gasteiger charge is 2.30. The van der Waals surface area contributed by atoms with Crippen LogP contribution in [0.15, 0.2) is 36.5 Å². The lowest BCUT2D eigenvalue weighted by molar-refractivity contribution is -0.137. The van der Waals surface area contributed by atoms with E-state index in [2.05, 4.69) is 19.7 Å². The van der Waals surface area contributed by atoms with Crippen molar-refractivity contribution in [2.45, 2.75) is 12.7 Å². The third kappa shape index (κ3) is 4.97. The molecule has 2 aromatic rings. The van der Waals surface area contributed by atoms with E-state index in [-0.39, 0.29) is 0 Å². The van der Waals surface area contributed by atoms with Crippen LogP contribution in [0.4, 0.5) is 24.9 Å². The second-order valence-corrected chi connectivity index (χ2v) is 7.28. The van der Waals surface area contributed by atoms with Crippen molar-refractivity contribution in [3.05, 3.63) is 47.7 Å². The van der Waals surface area contributed by atoms with Crippen molar-refractivity contribution in [3.63, 3.8) is 0 Å². The highest BCUT2D eigenvalue weighted by Crippen LogP contribution is 2.30. The van der Waals surface area contributed by atoms with E-state index in [4.69, 9.17) is 9.72 Å². The van der Waals surface area contributed by atoms with Crippen LogP contribution in [0.5, 0.6) is 0 Å². The summed E-state index contributed by atoms with van der Waals surface area (Å²) >= 11 is 0. The molecule has 0 radical (unpaired) electrons. The summed E-state index contributed by atoms with van der Waals surface area (Å²) in [6.07, 6.45) is -2.53. The lowest BCUT2D eigenvalue weighted by Gasteiger charge is -2.36. The summed E-state index contributed by atoms with van der Waals surface area (Å²) in [5, 5.41) is 0. The fourth-order valence-electron chi connectivity index (χ4n) is 3.67. The monoisotopic (exact) mass is 407 g/mol. The summed E-state index contributed by atoms with van der Waals surface area (Å²) in [5.74, 6) is 1.61. The first-order valence-electron chi connectivity index (χ1n) is 9.78. The summed E-state index contributed by atoms with van der Waals surface area (Å²) in [7, 11) is 0. The summed E-state index contributed by atoms with van der Waals surface area (Å²) in [4.78, 5) is 15.6. The van der Waals surface area contributed by atoms with Gasteiger partial charge in [0.25, 0.3) is 0 Å². The summed E-state index contributed by atoms with van der Waals surface area (Å²) in [6.45, 7) is 6.55. The van der Waals surface area contributed by atoms with Gasteiger partial charge in [0.05, 0.1) is 18.8 Å². The molecule has 0 amide bonds. The molecule has 0 atom stereocenters. The molecule has 2 saturated heterocycles. The Morgan fingerprint density at radius 3 is 2.41 bits per heavy atom. The van der Waals surface area contributed by atoms with E-state index in [9.17, 15) is 13.2 Å². The Morgan fingerprint density at radius 1 is 0.931 bits per heavy atom. The number of aromatic nitrogens is 2. The molecule has 156 valence electrons. The molecule has 6 nitrogen and oxygen atoms in total. The molecule has 4 rings (SSSR count). The first kappa shape index (κ1) is 19.9. The van der Waals surface area contributed by atoms with Crippen LogP contribution in [-0.2, 0) is 17.5 Å². The quantitative estimate of drug-likeness (QED) is 0.777. The van der Waals surface area contributed by atoms with Crippen molar-refractivity contribution in [1.82, 2.24) is 14.9 Å². The average molecular weight is 407 g/mol. The molecule has 29 heavy (non-hydrogen) atoms. The number of hydrogen-bond donors (Lipinski definition) is 0. The van der Waals surface area contributed by atoms with Crippen molar-refractivity contribution in [2.75, 3.05) is 62.3 Å². The molecule has 1 aromatic heterocycles. The molecule has 1 aromatic carbocycles. The van der Waals surface area contributed by atoms with Crippen molar-refractivity contribution in [3.8, 4) is 0 Å². The lowest BCUT2D eigenvalue weighted by Crippen LogP contribution is -2.46. The van der Waals surface area contributed by atoms with Gasteiger partial charge in [0, 0.05) is 52.0 Å². The molecular formula is C20H24F3N5O. The van der Waals surface area contributed by atoms with Crippen LogP contribution in [0.3, 0.4) is 0 Å². The van der Waals surface area contributed by atoms with Gasteiger partial charge in [-0.15, -0.1) is 0 Å². The van der Waals surface area contributed by atoms with Crippen LogP contribution in [0, 0.1) is 0 Å². The maximum atomic E-state index is 12.9. The van der Waals surface area contributed by atoms with Crippen molar-refractivity contribution in [2.24, 2.45) is 0 Å². The van der Waals surface area contributed by atoms with Gasteiger partial charge in [0.2, 0.25) is 5.95 Å². The first-order chi connectivity index (χ1) is 14.0. The lowest BCUT2D eigenvalue weighted by atomic mass is 10.1. The van der Waals surface area contributed by atoms with E-state index in [1.807, 2.05) is 6.07 Å². The smallest absolute Gasteiger partial charge is 0.378 e. The molecular weight excluding hydrogens is 383 g/mol. The minimum atomic E-state index is -4.31. The zero-order chi connectivity index (χ0) is 20.3. The van der Waals surface area contributed by atoms with Gasteiger partial charge in [-0.1, -0.05) is 18.2 Å². The molecule has 0 aliphatic carbocycles. The van der Waals surface area contributed by atoms with Gasteiger partial charge < -0.3 is 14.5 Å². The van der Waals surface area contributed by atoms with Crippen molar-refractivity contribution >= 4 is 11.8 Å². The van der Waals surface area contributed by atoms with Gasteiger partial charge in [-0.3, -0.25) is 4.90 Å². The predicted molar refractivity (Wildman–Crippen MR) is 104 cm³/mol. The number of halogens is 3. The molecule has 9 heteroatoms. The average Bonchev–Trinajstić information content (AvgIpc) is 2.75. The van der Waals surface area contributed by atoms with Crippen molar-refractivity contribution < 1.29 is 17.9 Å². The Bertz CT molecular complexity index is 818. The molecule has 0 N–H and O–H groups in total. The van der Waals surface area contributed by atoms with E-state index >= 15 is 0 Å². The third-order valence-electron chi connectivity index (χ3n) is 5.28. The van der Waals surface area contributed by atoms with E-state index < -0.39 is 11.7 Å². The molecule has 0 unspecified atom stereocenters. The number of anilines is 2. The highest BCUT2D eigenvalue weighted by atomic mass is 19.4. The Kier molecular flexibility index (Phi) is 5.86. The molecule has 2 aliphatic heterocycles. The van der Waals surface area contributed by atoms with E-state index in [1.54, 1.807) is 12.3 Å². The van der Waals surface area contributed by atoms with Crippen LogP contribution >= 0.6 is 0 Å². The predicted octanol–water partition coefficient (Wildman–Crippen LogP) is 2.65. The van der Waals surface area contributed by atoms with E-state index in [0.29, 0.717) is 25.3 Å².